The van der Waals surface area contributed by atoms with E-state index in [4.69, 9.17) is 4.98 Å². The van der Waals surface area contributed by atoms with Gasteiger partial charge < -0.3 is 5.32 Å². The smallest absolute Gasteiger partial charge is 0.252 e. The minimum absolute atomic E-state index is 0.0314. The van der Waals surface area contributed by atoms with Crippen LogP contribution in [0.2, 0.25) is 0 Å². The molecule has 2 heterocycles. The molecule has 0 aliphatic rings. The van der Waals surface area contributed by atoms with Gasteiger partial charge in [-0.25, -0.2) is 4.98 Å². The van der Waals surface area contributed by atoms with Gasteiger partial charge in [-0.1, -0.05) is 54.6 Å². The number of para-hydroxylation sites is 1. The highest BCUT2D eigenvalue weighted by molar-refractivity contribution is 7.13. The van der Waals surface area contributed by atoms with Crippen LogP contribution in [0.25, 0.3) is 21.5 Å². The van der Waals surface area contributed by atoms with E-state index in [0.717, 1.165) is 40.7 Å². The number of rotatable bonds is 7. The molecule has 0 spiro atoms. The molecule has 0 radical (unpaired) electrons. The molecule has 0 unspecified atom stereocenters. The number of amides is 1. The lowest BCUT2D eigenvalue weighted by atomic mass is 10.1. The monoisotopic (exact) mass is 386 g/mol. The molecule has 28 heavy (non-hydrogen) atoms. The lowest BCUT2D eigenvalue weighted by Crippen LogP contribution is -2.25. The third kappa shape index (κ3) is 4.29. The molecule has 2 aromatic heterocycles. The van der Waals surface area contributed by atoms with Crippen LogP contribution in [-0.2, 0) is 6.42 Å². The Labute approximate surface area is 169 Å². The minimum atomic E-state index is -0.0314. The zero-order valence-electron chi connectivity index (χ0n) is 15.6. The molecule has 0 saturated carbocycles. The lowest BCUT2D eigenvalue weighted by molar-refractivity contribution is 0.0954. The van der Waals surface area contributed by atoms with Crippen molar-refractivity contribution in [1.82, 2.24) is 10.3 Å². The third-order valence-corrected chi connectivity index (χ3v) is 5.65. The Balaban J connectivity index is 1.44. The van der Waals surface area contributed by atoms with Crippen LogP contribution in [0, 0.1) is 0 Å². The predicted octanol–water partition coefficient (Wildman–Crippen LogP) is 5.72. The molecule has 0 aliphatic heterocycles. The first kappa shape index (κ1) is 18.4. The van der Waals surface area contributed by atoms with E-state index in [2.05, 4.69) is 29.6 Å². The number of nitrogens with one attached hydrogen (secondary N) is 1. The number of aromatic nitrogens is 1. The summed E-state index contributed by atoms with van der Waals surface area (Å²) < 4.78 is 0. The van der Waals surface area contributed by atoms with Crippen LogP contribution < -0.4 is 5.32 Å². The average Bonchev–Trinajstić information content (AvgIpc) is 3.28. The standard InChI is InChI=1S/C24H22N2OS/c27-24(25-15-7-6-11-18-9-2-1-3-10-18)20-17-22(23-14-8-16-28-23)26-21-13-5-4-12-19(20)21/h1-5,8-10,12-14,16-17H,6-7,11,15H2,(H,25,27). The van der Waals surface area contributed by atoms with Crippen LogP contribution in [0.3, 0.4) is 0 Å². The van der Waals surface area contributed by atoms with Gasteiger partial charge >= 0.3 is 0 Å². The maximum Gasteiger partial charge on any atom is 0.252 e. The van der Waals surface area contributed by atoms with Gasteiger partial charge in [0, 0.05) is 11.9 Å². The molecule has 0 bridgehead atoms. The van der Waals surface area contributed by atoms with Crippen molar-refractivity contribution in [1.29, 1.82) is 0 Å². The van der Waals surface area contributed by atoms with Gasteiger partial charge in [-0.3, -0.25) is 4.79 Å². The number of thiophene rings is 1. The van der Waals surface area contributed by atoms with Gasteiger partial charge in [-0.15, -0.1) is 11.3 Å². The maximum absolute atomic E-state index is 12.9. The largest absolute Gasteiger partial charge is 0.352 e. The highest BCUT2D eigenvalue weighted by atomic mass is 32.1. The van der Waals surface area contributed by atoms with E-state index in [1.807, 2.05) is 53.9 Å². The van der Waals surface area contributed by atoms with Gasteiger partial charge in [-0.2, -0.15) is 0 Å². The quantitative estimate of drug-likeness (QED) is 0.413. The summed E-state index contributed by atoms with van der Waals surface area (Å²) in [5.74, 6) is -0.0314. The van der Waals surface area contributed by atoms with E-state index in [1.54, 1.807) is 11.3 Å². The molecule has 3 nitrogen and oxygen atoms in total. The van der Waals surface area contributed by atoms with Gasteiger partial charge in [0.2, 0.25) is 0 Å². The Bertz CT molecular complexity index is 1060. The summed E-state index contributed by atoms with van der Waals surface area (Å²) >= 11 is 1.63. The van der Waals surface area contributed by atoms with Crippen molar-refractivity contribution in [2.75, 3.05) is 6.54 Å². The maximum atomic E-state index is 12.9. The Morgan fingerprint density at radius 3 is 2.57 bits per heavy atom. The van der Waals surface area contributed by atoms with E-state index in [1.165, 1.54) is 5.56 Å². The zero-order valence-corrected chi connectivity index (χ0v) is 16.4. The van der Waals surface area contributed by atoms with Gasteiger partial charge in [0.25, 0.3) is 5.91 Å². The fourth-order valence-electron chi connectivity index (χ4n) is 3.31. The van der Waals surface area contributed by atoms with Crippen molar-refractivity contribution in [2.24, 2.45) is 0 Å². The van der Waals surface area contributed by atoms with Gasteiger partial charge in [-0.05, 0) is 48.4 Å². The topological polar surface area (TPSA) is 42.0 Å². The number of benzene rings is 2. The Morgan fingerprint density at radius 1 is 0.929 bits per heavy atom. The Kier molecular flexibility index (Phi) is 5.78. The third-order valence-electron chi connectivity index (χ3n) is 4.76. The fourth-order valence-corrected chi connectivity index (χ4v) is 4.00. The van der Waals surface area contributed by atoms with Gasteiger partial charge in [0.1, 0.15) is 0 Å². The van der Waals surface area contributed by atoms with Crippen LogP contribution in [0.4, 0.5) is 0 Å². The van der Waals surface area contributed by atoms with Crippen LogP contribution in [0.15, 0.2) is 78.2 Å². The number of hydrogen-bond acceptors (Lipinski definition) is 3. The molecular formula is C24H22N2OS. The second-order valence-electron chi connectivity index (χ2n) is 6.75. The summed E-state index contributed by atoms with van der Waals surface area (Å²) in [4.78, 5) is 18.7. The van der Waals surface area contributed by atoms with E-state index >= 15 is 0 Å². The zero-order chi connectivity index (χ0) is 19.2. The van der Waals surface area contributed by atoms with Crippen molar-refractivity contribution in [3.8, 4) is 10.6 Å². The van der Waals surface area contributed by atoms with Gasteiger partial charge in [0.05, 0.1) is 21.7 Å². The number of aryl methyl sites for hydroxylation is 1. The molecule has 140 valence electrons. The van der Waals surface area contributed by atoms with Crippen LogP contribution >= 0.6 is 11.3 Å². The van der Waals surface area contributed by atoms with E-state index in [0.29, 0.717) is 12.1 Å². The van der Waals surface area contributed by atoms with E-state index < -0.39 is 0 Å². The van der Waals surface area contributed by atoms with Crippen molar-refractivity contribution in [3.05, 3.63) is 89.3 Å². The molecule has 0 saturated heterocycles. The van der Waals surface area contributed by atoms with Crippen LogP contribution in [0.1, 0.15) is 28.8 Å². The second-order valence-corrected chi connectivity index (χ2v) is 7.70. The first-order valence-electron chi connectivity index (χ1n) is 9.57. The van der Waals surface area contributed by atoms with Crippen molar-refractivity contribution in [2.45, 2.75) is 19.3 Å². The lowest BCUT2D eigenvalue weighted by Gasteiger charge is -2.10. The Morgan fingerprint density at radius 2 is 1.75 bits per heavy atom. The summed E-state index contributed by atoms with van der Waals surface area (Å²) in [6.45, 7) is 0.677. The summed E-state index contributed by atoms with van der Waals surface area (Å²) in [6, 6.07) is 24.2. The molecule has 1 N–H and O–H groups in total. The molecule has 4 heteroatoms. The van der Waals surface area contributed by atoms with E-state index in [-0.39, 0.29) is 5.91 Å². The predicted molar refractivity (Wildman–Crippen MR) is 117 cm³/mol. The number of hydrogen-bond donors (Lipinski definition) is 1. The molecule has 4 aromatic rings. The summed E-state index contributed by atoms with van der Waals surface area (Å²) in [6.07, 6.45) is 3.06. The second kappa shape index (κ2) is 8.81. The minimum Gasteiger partial charge on any atom is -0.352 e. The molecule has 1 amide bonds. The summed E-state index contributed by atoms with van der Waals surface area (Å²) in [5, 5.41) is 6.01. The number of fused-ring (bicyclic) bond motifs is 1. The first-order valence-corrected chi connectivity index (χ1v) is 10.4. The number of nitrogens with zero attached hydrogens (tertiary/aromatic N) is 1. The normalized spacial score (nSPS) is 10.9. The molecule has 4 rings (SSSR count). The van der Waals surface area contributed by atoms with Crippen molar-refractivity contribution < 1.29 is 4.79 Å². The van der Waals surface area contributed by atoms with E-state index in [9.17, 15) is 4.79 Å². The molecule has 2 aromatic carbocycles. The molecule has 0 aliphatic carbocycles. The highest BCUT2D eigenvalue weighted by Gasteiger charge is 2.14. The summed E-state index contributed by atoms with van der Waals surface area (Å²) in [7, 11) is 0. The van der Waals surface area contributed by atoms with Crippen molar-refractivity contribution in [3.63, 3.8) is 0 Å². The molecule has 0 fully saturated rings. The summed E-state index contributed by atoms with van der Waals surface area (Å²) in [5.41, 5.74) is 3.73. The number of carbonyl (C=O) groups excluding carboxylic acids is 1. The fraction of sp³-hybridized carbons (Fsp3) is 0.167. The number of carbonyl (C=O) groups is 1. The first-order chi connectivity index (χ1) is 13.8. The SMILES string of the molecule is O=C(NCCCCc1ccccc1)c1cc(-c2cccs2)nc2ccccc12. The number of unbranched alkanes of at least 4 members (excludes halogenated alkanes) is 1. The molecule has 0 atom stereocenters. The Hall–Kier alpha value is -2.98. The van der Waals surface area contributed by atoms with Gasteiger partial charge in [0.15, 0.2) is 0 Å². The molecular weight excluding hydrogens is 364 g/mol. The highest BCUT2D eigenvalue weighted by Crippen LogP contribution is 2.27. The average molecular weight is 387 g/mol. The van der Waals surface area contributed by atoms with Crippen LogP contribution in [0.5, 0.6) is 0 Å². The number of pyridine rings is 1. The van der Waals surface area contributed by atoms with Crippen LogP contribution in [-0.4, -0.2) is 17.4 Å². The van der Waals surface area contributed by atoms with Crippen molar-refractivity contribution >= 4 is 28.1 Å².